The van der Waals surface area contributed by atoms with Crippen LogP contribution < -0.4 is 0 Å². The zero-order valence-corrected chi connectivity index (χ0v) is 10.1. The van der Waals surface area contributed by atoms with Crippen LogP contribution >= 0.6 is 0 Å². The predicted octanol–water partition coefficient (Wildman–Crippen LogP) is 0.887. The van der Waals surface area contributed by atoms with Gasteiger partial charge in [-0.05, 0) is 0 Å². The van der Waals surface area contributed by atoms with E-state index in [9.17, 15) is 9.59 Å². The molecule has 2 rings (SSSR count). The van der Waals surface area contributed by atoms with Crippen molar-refractivity contribution in [1.29, 1.82) is 0 Å². The number of fused-ring (bicyclic) bond motifs is 1. The lowest BCUT2D eigenvalue weighted by Crippen LogP contribution is -2.37. The minimum atomic E-state index is -0.463. The third-order valence-electron chi connectivity index (χ3n) is 3.67. The molecule has 17 heavy (non-hydrogen) atoms. The second-order valence-electron chi connectivity index (χ2n) is 4.45. The minimum absolute atomic E-state index is 0.105. The Morgan fingerprint density at radius 2 is 2.18 bits per heavy atom. The minimum Gasteiger partial charge on any atom is -0.472 e. The highest BCUT2D eigenvalue weighted by atomic mass is 16.7. The van der Waals surface area contributed by atoms with Crippen LogP contribution in [0.3, 0.4) is 0 Å². The van der Waals surface area contributed by atoms with Crippen molar-refractivity contribution in [2.24, 2.45) is 17.8 Å². The summed E-state index contributed by atoms with van der Waals surface area (Å²) in [6.07, 6.45) is 1.26. The van der Waals surface area contributed by atoms with Gasteiger partial charge in [0, 0.05) is 31.3 Å². The van der Waals surface area contributed by atoms with Crippen molar-refractivity contribution in [3.8, 4) is 0 Å². The zero-order valence-electron chi connectivity index (χ0n) is 10.1. The summed E-state index contributed by atoms with van der Waals surface area (Å²) in [6, 6.07) is 0. The fourth-order valence-electron chi connectivity index (χ4n) is 2.69. The van der Waals surface area contributed by atoms with E-state index in [0.717, 1.165) is 0 Å². The molecule has 1 aliphatic heterocycles. The average molecular weight is 240 g/mol. The molecule has 4 atom stereocenters. The standard InChI is InChI=1S/C12H16O5/c1-6-9(13)4-7-8(11(14)15-2)5-17-12(16-3)10(6)7/h5-7,10,12H,4H2,1-3H3. The van der Waals surface area contributed by atoms with Crippen LogP contribution in [0.25, 0.3) is 0 Å². The highest BCUT2D eigenvalue weighted by Crippen LogP contribution is 2.44. The maximum absolute atomic E-state index is 11.8. The van der Waals surface area contributed by atoms with Crippen LogP contribution in [0, 0.1) is 17.8 Å². The van der Waals surface area contributed by atoms with Crippen LogP contribution in [-0.4, -0.2) is 32.3 Å². The number of carbonyl (C=O) groups is 2. The van der Waals surface area contributed by atoms with Gasteiger partial charge >= 0.3 is 5.97 Å². The number of methoxy groups -OCH3 is 2. The lowest BCUT2D eigenvalue weighted by molar-refractivity contribution is -0.155. The van der Waals surface area contributed by atoms with Crippen LogP contribution in [0.4, 0.5) is 0 Å². The molecule has 2 aliphatic rings. The summed E-state index contributed by atoms with van der Waals surface area (Å²) in [5, 5.41) is 0. The van der Waals surface area contributed by atoms with E-state index in [-0.39, 0.29) is 23.5 Å². The van der Waals surface area contributed by atoms with E-state index in [1.165, 1.54) is 20.5 Å². The smallest absolute Gasteiger partial charge is 0.337 e. The van der Waals surface area contributed by atoms with Gasteiger partial charge in [0.2, 0.25) is 6.29 Å². The number of hydrogen-bond acceptors (Lipinski definition) is 5. The molecule has 0 bridgehead atoms. The monoisotopic (exact) mass is 240 g/mol. The molecule has 1 heterocycles. The Hall–Kier alpha value is -1.36. The van der Waals surface area contributed by atoms with Gasteiger partial charge in [0.25, 0.3) is 0 Å². The topological polar surface area (TPSA) is 61.8 Å². The van der Waals surface area contributed by atoms with Gasteiger partial charge in [0.1, 0.15) is 5.78 Å². The van der Waals surface area contributed by atoms with Gasteiger partial charge in [-0.15, -0.1) is 0 Å². The molecule has 0 N–H and O–H groups in total. The second-order valence-corrected chi connectivity index (χ2v) is 4.45. The Morgan fingerprint density at radius 1 is 1.47 bits per heavy atom. The van der Waals surface area contributed by atoms with Gasteiger partial charge in [0.15, 0.2) is 0 Å². The predicted molar refractivity (Wildman–Crippen MR) is 57.7 cm³/mol. The SMILES string of the molecule is COC(=O)C1=COC(OC)C2C(C)C(=O)CC12. The molecule has 0 aromatic heterocycles. The van der Waals surface area contributed by atoms with E-state index >= 15 is 0 Å². The molecule has 0 saturated heterocycles. The number of carbonyl (C=O) groups excluding carboxylic acids is 2. The molecule has 4 unspecified atom stereocenters. The molecule has 5 heteroatoms. The third-order valence-corrected chi connectivity index (χ3v) is 3.67. The van der Waals surface area contributed by atoms with Gasteiger partial charge < -0.3 is 14.2 Å². The molecule has 1 aliphatic carbocycles. The van der Waals surface area contributed by atoms with Crippen LogP contribution in [-0.2, 0) is 23.8 Å². The van der Waals surface area contributed by atoms with Gasteiger partial charge in [-0.1, -0.05) is 6.92 Å². The van der Waals surface area contributed by atoms with Crippen molar-refractivity contribution >= 4 is 11.8 Å². The summed E-state index contributed by atoms with van der Waals surface area (Å²) >= 11 is 0. The lowest BCUT2D eigenvalue weighted by atomic mass is 9.83. The number of esters is 1. The third kappa shape index (κ3) is 1.84. The Labute approximate surface area is 99.7 Å². The maximum Gasteiger partial charge on any atom is 0.337 e. The molecular weight excluding hydrogens is 224 g/mol. The number of hydrogen-bond donors (Lipinski definition) is 0. The van der Waals surface area contributed by atoms with Crippen molar-refractivity contribution < 1.29 is 23.8 Å². The van der Waals surface area contributed by atoms with Crippen LogP contribution in [0.5, 0.6) is 0 Å². The molecule has 5 nitrogen and oxygen atoms in total. The number of ketones is 1. The molecule has 0 radical (unpaired) electrons. The first-order chi connectivity index (χ1) is 8.10. The highest BCUT2D eigenvalue weighted by Gasteiger charge is 2.50. The van der Waals surface area contributed by atoms with Gasteiger partial charge in [0.05, 0.1) is 18.9 Å². The first-order valence-electron chi connectivity index (χ1n) is 5.59. The molecule has 0 aromatic rings. The lowest BCUT2D eigenvalue weighted by Gasteiger charge is -2.33. The van der Waals surface area contributed by atoms with Crippen molar-refractivity contribution in [2.75, 3.05) is 14.2 Å². The van der Waals surface area contributed by atoms with Crippen molar-refractivity contribution in [3.05, 3.63) is 11.8 Å². The van der Waals surface area contributed by atoms with E-state index in [2.05, 4.69) is 0 Å². The molecule has 0 amide bonds. The molecule has 1 fully saturated rings. The molecule has 0 aromatic carbocycles. The summed E-state index contributed by atoms with van der Waals surface area (Å²) < 4.78 is 15.3. The fourth-order valence-corrected chi connectivity index (χ4v) is 2.69. The quantitative estimate of drug-likeness (QED) is 0.671. The van der Waals surface area contributed by atoms with Gasteiger partial charge in [-0.3, -0.25) is 4.79 Å². The molecular formula is C12H16O5. The van der Waals surface area contributed by atoms with Gasteiger partial charge in [-0.25, -0.2) is 4.79 Å². The summed E-state index contributed by atoms with van der Waals surface area (Å²) in [5.74, 6) is -0.702. The zero-order chi connectivity index (χ0) is 12.6. The average Bonchev–Trinajstić information content (AvgIpc) is 2.64. The largest absolute Gasteiger partial charge is 0.472 e. The summed E-state index contributed by atoms with van der Waals surface area (Å²) in [5.41, 5.74) is 0.434. The van der Waals surface area contributed by atoms with Crippen LogP contribution in [0.2, 0.25) is 0 Å². The maximum atomic E-state index is 11.8. The van der Waals surface area contributed by atoms with E-state index in [1.54, 1.807) is 0 Å². The van der Waals surface area contributed by atoms with E-state index in [4.69, 9.17) is 14.2 Å². The summed E-state index contributed by atoms with van der Waals surface area (Å²) in [7, 11) is 2.86. The Balaban J connectivity index is 2.32. The van der Waals surface area contributed by atoms with Crippen molar-refractivity contribution in [3.63, 3.8) is 0 Å². The van der Waals surface area contributed by atoms with Crippen LogP contribution in [0.15, 0.2) is 11.8 Å². The fraction of sp³-hybridized carbons (Fsp3) is 0.667. The van der Waals surface area contributed by atoms with Gasteiger partial charge in [-0.2, -0.15) is 0 Å². The van der Waals surface area contributed by atoms with Crippen LogP contribution in [0.1, 0.15) is 13.3 Å². The first-order valence-corrected chi connectivity index (χ1v) is 5.59. The summed E-state index contributed by atoms with van der Waals surface area (Å²) in [6.45, 7) is 1.85. The van der Waals surface area contributed by atoms with Crippen molar-refractivity contribution in [2.45, 2.75) is 19.6 Å². The number of ether oxygens (including phenoxy) is 3. The van der Waals surface area contributed by atoms with Crippen molar-refractivity contribution in [1.82, 2.24) is 0 Å². The normalized spacial score (nSPS) is 35.9. The number of rotatable bonds is 2. The van der Waals surface area contributed by atoms with E-state index in [0.29, 0.717) is 12.0 Å². The van der Waals surface area contributed by atoms with E-state index in [1.807, 2.05) is 6.92 Å². The first kappa shape index (κ1) is 12.1. The highest BCUT2D eigenvalue weighted by molar-refractivity contribution is 5.92. The molecule has 0 spiro atoms. The Morgan fingerprint density at radius 3 is 2.76 bits per heavy atom. The van der Waals surface area contributed by atoms with E-state index < -0.39 is 12.3 Å². The molecule has 94 valence electrons. The summed E-state index contributed by atoms with van der Waals surface area (Å²) in [4.78, 5) is 23.4. The Bertz CT molecular complexity index is 373. The second kappa shape index (κ2) is 4.49. The number of Topliss-reactive ketones (excluding diaryl/α,β-unsaturated/α-hetero) is 1. The molecule has 1 saturated carbocycles. The Kier molecular flexibility index (Phi) is 3.19.